The largest absolute Gasteiger partial charge is 0.483 e. The maximum atomic E-state index is 12.5. The number of nitrogens with two attached hydrogens (primary N) is 1. The molecule has 0 saturated heterocycles. The molecular weight excluding hydrogens is 377 g/mol. The van der Waals surface area contributed by atoms with Gasteiger partial charge in [0.2, 0.25) is 0 Å². The molecule has 0 bridgehead atoms. The third-order valence-electron chi connectivity index (χ3n) is 3.55. The van der Waals surface area contributed by atoms with Gasteiger partial charge in [0, 0.05) is 11.5 Å². The molecule has 2 amide bonds. The van der Waals surface area contributed by atoms with E-state index in [0.717, 1.165) is 6.07 Å². The number of anilines is 1. The van der Waals surface area contributed by atoms with Crippen molar-refractivity contribution in [2.75, 3.05) is 11.9 Å². The van der Waals surface area contributed by atoms with E-state index < -0.39 is 24.6 Å². The summed E-state index contributed by atoms with van der Waals surface area (Å²) in [5.74, 6) is -1.61. The Kier molecular flexibility index (Phi) is 5.12. The Bertz CT molecular complexity index is 1050. The number of hydrogen-bond donors (Lipinski definition) is 2. The molecule has 0 spiro atoms. The minimum Gasteiger partial charge on any atom is -0.483 e. The van der Waals surface area contributed by atoms with E-state index in [2.05, 4.69) is 15.3 Å². The fourth-order valence-corrected chi connectivity index (χ4v) is 2.36. The number of amides is 2. The number of ether oxygens (including phenoxy) is 1. The summed E-state index contributed by atoms with van der Waals surface area (Å²) in [6.45, 7) is -1.51. The Labute approximate surface area is 156 Å². The second kappa shape index (κ2) is 7.51. The monoisotopic (exact) mass is 390 g/mol. The second-order valence-corrected chi connectivity index (χ2v) is 5.65. The number of primary amides is 1. The van der Waals surface area contributed by atoms with E-state index in [-0.39, 0.29) is 28.5 Å². The zero-order valence-electron chi connectivity index (χ0n) is 14.2. The van der Waals surface area contributed by atoms with Gasteiger partial charge in [-0.3, -0.25) is 9.59 Å². The smallest absolute Gasteiger partial charge is 0.422 e. The van der Waals surface area contributed by atoms with Gasteiger partial charge >= 0.3 is 6.18 Å². The summed E-state index contributed by atoms with van der Waals surface area (Å²) in [5.41, 5.74) is 5.19. The zero-order chi connectivity index (χ0) is 20.3. The quantitative estimate of drug-likeness (QED) is 0.697. The molecule has 0 radical (unpaired) electrons. The lowest BCUT2D eigenvalue weighted by molar-refractivity contribution is -0.153. The van der Waals surface area contributed by atoms with Crippen molar-refractivity contribution in [1.82, 2.24) is 9.97 Å². The van der Waals surface area contributed by atoms with Gasteiger partial charge in [-0.25, -0.2) is 9.97 Å². The number of rotatable bonds is 5. The van der Waals surface area contributed by atoms with Crippen molar-refractivity contribution in [3.05, 3.63) is 59.9 Å². The average molecular weight is 390 g/mol. The van der Waals surface area contributed by atoms with Gasteiger partial charge in [-0.1, -0.05) is 18.2 Å². The fraction of sp³-hybridized carbons (Fsp3) is 0.111. The number of alkyl halides is 3. The summed E-state index contributed by atoms with van der Waals surface area (Å²) >= 11 is 0. The first-order valence-electron chi connectivity index (χ1n) is 7.90. The van der Waals surface area contributed by atoms with Crippen molar-refractivity contribution >= 4 is 28.5 Å². The maximum Gasteiger partial charge on any atom is 0.422 e. The number of halogens is 3. The topological polar surface area (TPSA) is 107 Å². The summed E-state index contributed by atoms with van der Waals surface area (Å²) in [7, 11) is 0. The van der Waals surface area contributed by atoms with Crippen LogP contribution in [0.5, 0.6) is 5.75 Å². The normalized spacial score (nSPS) is 11.2. The highest BCUT2D eigenvalue weighted by Crippen LogP contribution is 2.27. The van der Waals surface area contributed by atoms with E-state index in [0.29, 0.717) is 5.39 Å². The number of hydrogen-bond acceptors (Lipinski definition) is 5. The molecule has 0 unspecified atom stereocenters. The molecule has 3 aromatic rings. The highest BCUT2D eigenvalue weighted by molar-refractivity contribution is 6.04. The molecule has 7 nitrogen and oxygen atoms in total. The molecule has 28 heavy (non-hydrogen) atoms. The van der Waals surface area contributed by atoms with E-state index in [1.807, 2.05) is 0 Å². The van der Waals surface area contributed by atoms with Crippen LogP contribution in [-0.4, -0.2) is 34.6 Å². The summed E-state index contributed by atoms with van der Waals surface area (Å²) in [6.07, 6.45) is -4.54. The third kappa shape index (κ3) is 4.53. The fourth-order valence-electron chi connectivity index (χ4n) is 2.36. The van der Waals surface area contributed by atoms with Crippen molar-refractivity contribution in [2.24, 2.45) is 5.73 Å². The van der Waals surface area contributed by atoms with Crippen molar-refractivity contribution in [3.8, 4) is 5.75 Å². The Morgan fingerprint density at radius 2 is 1.79 bits per heavy atom. The van der Waals surface area contributed by atoms with Gasteiger partial charge in [0.15, 0.2) is 6.61 Å². The number of carbonyl (C=O) groups excluding carboxylic acids is 2. The molecule has 3 N–H and O–H groups in total. The van der Waals surface area contributed by atoms with Gasteiger partial charge < -0.3 is 15.8 Å². The Hall–Kier alpha value is -3.69. The van der Waals surface area contributed by atoms with E-state index in [1.54, 1.807) is 18.2 Å². The van der Waals surface area contributed by atoms with Crippen LogP contribution in [0, 0.1) is 0 Å². The Morgan fingerprint density at radius 3 is 2.50 bits per heavy atom. The molecule has 144 valence electrons. The van der Waals surface area contributed by atoms with Gasteiger partial charge in [0.05, 0.1) is 5.52 Å². The first-order chi connectivity index (χ1) is 13.2. The minimum absolute atomic E-state index is 0.0361. The first kappa shape index (κ1) is 19.1. The Morgan fingerprint density at radius 1 is 1.04 bits per heavy atom. The number of benzene rings is 1. The van der Waals surface area contributed by atoms with Crippen LogP contribution in [-0.2, 0) is 0 Å². The number of nitrogens with one attached hydrogen (secondary N) is 1. The molecule has 2 aromatic heterocycles. The van der Waals surface area contributed by atoms with Crippen LogP contribution >= 0.6 is 0 Å². The van der Waals surface area contributed by atoms with Crippen LogP contribution in [0.1, 0.15) is 21.0 Å². The molecule has 0 saturated carbocycles. The van der Waals surface area contributed by atoms with E-state index in [1.165, 1.54) is 24.3 Å². The van der Waals surface area contributed by atoms with Gasteiger partial charge in [-0.15, -0.1) is 0 Å². The third-order valence-corrected chi connectivity index (χ3v) is 3.55. The molecule has 2 heterocycles. The Balaban J connectivity index is 1.92. The molecule has 0 aliphatic heterocycles. The van der Waals surface area contributed by atoms with Gasteiger partial charge in [-0.2, -0.15) is 13.2 Å². The van der Waals surface area contributed by atoms with Crippen molar-refractivity contribution in [2.45, 2.75) is 6.18 Å². The van der Waals surface area contributed by atoms with Crippen LogP contribution in [0.2, 0.25) is 0 Å². The molecule has 3 rings (SSSR count). The molecule has 0 fully saturated rings. The number of nitrogens with zero attached hydrogens (tertiary/aromatic N) is 2. The second-order valence-electron chi connectivity index (χ2n) is 5.65. The van der Waals surface area contributed by atoms with Gasteiger partial charge in [0.25, 0.3) is 11.8 Å². The van der Waals surface area contributed by atoms with Crippen LogP contribution in [0.25, 0.3) is 10.9 Å². The summed E-state index contributed by atoms with van der Waals surface area (Å²) in [5, 5.41) is 2.75. The van der Waals surface area contributed by atoms with Crippen molar-refractivity contribution in [1.29, 1.82) is 0 Å². The number of para-hydroxylation sites is 1. The minimum atomic E-state index is -4.54. The molecular formula is C18H13F3N4O3. The van der Waals surface area contributed by atoms with Crippen LogP contribution in [0.4, 0.5) is 19.0 Å². The highest BCUT2D eigenvalue weighted by atomic mass is 19.4. The predicted molar refractivity (Wildman–Crippen MR) is 94.0 cm³/mol. The molecule has 10 heteroatoms. The zero-order valence-corrected chi connectivity index (χ0v) is 14.2. The SMILES string of the molecule is NC(=O)c1cccc(NC(=O)c2cc(OCC(F)(F)F)c3ccccc3n2)n1. The van der Waals surface area contributed by atoms with Crippen molar-refractivity contribution in [3.63, 3.8) is 0 Å². The van der Waals surface area contributed by atoms with Crippen LogP contribution in [0.3, 0.4) is 0 Å². The summed E-state index contributed by atoms with van der Waals surface area (Å²) < 4.78 is 42.4. The first-order valence-corrected chi connectivity index (χ1v) is 7.90. The molecule has 0 atom stereocenters. The van der Waals surface area contributed by atoms with Gasteiger partial charge in [-0.05, 0) is 24.3 Å². The number of aromatic nitrogens is 2. The van der Waals surface area contributed by atoms with Gasteiger partial charge in [0.1, 0.15) is 23.0 Å². The number of pyridine rings is 2. The predicted octanol–water partition coefficient (Wildman–Crippen LogP) is 2.92. The van der Waals surface area contributed by atoms with Crippen LogP contribution in [0.15, 0.2) is 48.5 Å². The molecule has 0 aliphatic carbocycles. The summed E-state index contributed by atoms with van der Waals surface area (Å²) in [4.78, 5) is 31.7. The van der Waals surface area contributed by atoms with E-state index in [4.69, 9.17) is 10.5 Å². The lowest BCUT2D eigenvalue weighted by Crippen LogP contribution is -2.20. The summed E-state index contributed by atoms with van der Waals surface area (Å²) in [6, 6.07) is 11.7. The van der Waals surface area contributed by atoms with Crippen LogP contribution < -0.4 is 15.8 Å². The molecule has 0 aliphatic rings. The lowest BCUT2D eigenvalue weighted by Gasteiger charge is -2.13. The van der Waals surface area contributed by atoms with Crippen molar-refractivity contribution < 1.29 is 27.5 Å². The molecule has 1 aromatic carbocycles. The lowest BCUT2D eigenvalue weighted by atomic mass is 10.1. The maximum absolute atomic E-state index is 12.5. The average Bonchev–Trinajstić information content (AvgIpc) is 2.65. The van der Waals surface area contributed by atoms with E-state index >= 15 is 0 Å². The highest BCUT2D eigenvalue weighted by Gasteiger charge is 2.29. The number of fused-ring (bicyclic) bond motifs is 1. The number of carbonyl (C=O) groups is 2. The standard InChI is InChI=1S/C18H13F3N4O3/c19-18(20,21)9-28-14-8-13(23-11-5-2-1-4-10(11)14)17(27)25-15-7-3-6-12(24-15)16(22)26/h1-8H,9H2,(H2,22,26)(H,24,25,27). The van der Waals surface area contributed by atoms with E-state index in [9.17, 15) is 22.8 Å².